The number of carbonyl (C=O) groups is 2. The number of fused-ring (bicyclic) bond motifs is 2. The Hall–Kier alpha value is -2.52. The summed E-state index contributed by atoms with van der Waals surface area (Å²) in [5, 5.41) is 12.9. The number of aromatic nitrogens is 1. The van der Waals surface area contributed by atoms with Crippen molar-refractivity contribution in [3.8, 4) is 5.75 Å². The van der Waals surface area contributed by atoms with E-state index in [2.05, 4.69) is 5.32 Å². The number of thioether (sulfide) groups is 1. The van der Waals surface area contributed by atoms with Crippen LogP contribution in [0.2, 0.25) is 5.02 Å². The van der Waals surface area contributed by atoms with E-state index in [9.17, 15) is 23.9 Å². The van der Waals surface area contributed by atoms with Gasteiger partial charge in [0.2, 0.25) is 5.43 Å². The van der Waals surface area contributed by atoms with E-state index in [0.717, 1.165) is 11.8 Å². The number of pyridine rings is 1. The molecule has 2 aliphatic rings. The lowest BCUT2D eigenvalue weighted by Gasteiger charge is -2.34. The highest BCUT2D eigenvalue weighted by atomic mass is 35.5. The Morgan fingerprint density at radius 1 is 1.41 bits per heavy atom. The number of halogens is 2. The Bertz CT molecular complexity index is 1090. The standard InChI is InChI=1S/C19H17ClFN3O4S/c1-9-8-29-14-7-23-6-12(16(25)17(26)15(23)19(28)24(9)14)18(27)22-5-10-2-3-11(20)4-13(10)21/h2-4,6,9,14,26H,5,7-8H2,1H3,(H,22,27)/t9-,14?/m0/s1. The van der Waals surface area contributed by atoms with Gasteiger partial charge in [-0.3, -0.25) is 14.4 Å². The van der Waals surface area contributed by atoms with Crippen LogP contribution in [0.1, 0.15) is 33.3 Å². The summed E-state index contributed by atoms with van der Waals surface area (Å²) >= 11 is 7.32. The fourth-order valence-electron chi connectivity index (χ4n) is 3.57. The fourth-order valence-corrected chi connectivity index (χ4v) is 5.12. The van der Waals surface area contributed by atoms with E-state index >= 15 is 0 Å². The number of benzene rings is 1. The van der Waals surface area contributed by atoms with E-state index in [1.807, 2.05) is 6.92 Å². The minimum atomic E-state index is -0.934. The summed E-state index contributed by atoms with van der Waals surface area (Å²) in [4.78, 5) is 39.5. The van der Waals surface area contributed by atoms with Crippen LogP contribution in [0.25, 0.3) is 0 Å². The fraction of sp³-hybridized carbons (Fsp3) is 0.316. The van der Waals surface area contributed by atoms with E-state index in [-0.39, 0.29) is 39.8 Å². The predicted octanol–water partition coefficient (Wildman–Crippen LogP) is 2.19. The predicted molar refractivity (Wildman–Crippen MR) is 107 cm³/mol. The molecule has 0 radical (unpaired) electrons. The van der Waals surface area contributed by atoms with Crippen LogP contribution >= 0.6 is 23.4 Å². The number of rotatable bonds is 3. The largest absolute Gasteiger partial charge is 0.503 e. The van der Waals surface area contributed by atoms with E-state index < -0.39 is 28.8 Å². The molecule has 2 amide bonds. The Kier molecular flexibility index (Phi) is 5.04. The SMILES string of the molecule is C[C@H]1CSC2Cn3cc(C(=O)NCc4ccc(Cl)cc4F)c(=O)c(O)c3C(=O)N21. The van der Waals surface area contributed by atoms with E-state index in [0.29, 0.717) is 6.54 Å². The van der Waals surface area contributed by atoms with Crippen molar-refractivity contribution in [1.29, 1.82) is 0 Å². The highest BCUT2D eigenvalue weighted by Crippen LogP contribution is 2.36. The van der Waals surface area contributed by atoms with Crippen molar-refractivity contribution in [3.63, 3.8) is 0 Å². The summed E-state index contributed by atoms with van der Waals surface area (Å²) in [6, 6.07) is 4.04. The lowest BCUT2D eigenvalue weighted by molar-refractivity contribution is 0.0634. The van der Waals surface area contributed by atoms with Crippen LogP contribution in [0.15, 0.2) is 29.2 Å². The van der Waals surface area contributed by atoms with Gasteiger partial charge in [-0.15, -0.1) is 11.8 Å². The third kappa shape index (κ3) is 3.38. The van der Waals surface area contributed by atoms with Crippen molar-refractivity contribution < 1.29 is 19.1 Å². The minimum Gasteiger partial charge on any atom is -0.503 e. The Morgan fingerprint density at radius 3 is 2.90 bits per heavy atom. The lowest BCUT2D eigenvalue weighted by Crippen LogP contribution is -2.48. The molecule has 0 saturated carbocycles. The van der Waals surface area contributed by atoms with Gasteiger partial charge in [0.05, 0.1) is 11.9 Å². The van der Waals surface area contributed by atoms with Crippen LogP contribution in [0.3, 0.4) is 0 Å². The second-order valence-electron chi connectivity index (χ2n) is 6.99. The van der Waals surface area contributed by atoms with Crippen LogP contribution in [-0.2, 0) is 13.1 Å². The van der Waals surface area contributed by atoms with Gasteiger partial charge in [-0.2, -0.15) is 0 Å². The molecule has 152 valence electrons. The van der Waals surface area contributed by atoms with Crippen molar-refractivity contribution in [3.05, 3.63) is 62.3 Å². The highest BCUT2D eigenvalue weighted by molar-refractivity contribution is 8.00. The summed E-state index contributed by atoms with van der Waals surface area (Å²) < 4.78 is 15.3. The molecule has 0 bridgehead atoms. The molecule has 1 aromatic carbocycles. The first kappa shape index (κ1) is 19.8. The zero-order chi connectivity index (χ0) is 20.9. The third-order valence-corrected chi connectivity index (χ3v) is 6.73. The van der Waals surface area contributed by atoms with E-state index in [1.165, 1.54) is 22.9 Å². The molecule has 4 rings (SSSR count). The molecule has 10 heteroatoms. The summed E-state index contributed by atoms with van der Waals surface area (Å²) in [5.74, 6) is -1.76. The monoisotopic (exact) mass is 437 g/mol. The average Bonchev–Trinajstić information content (AvgIpc) is 3.04. The number of carbonyl (C=O) groups excluding carboxylic acids is 2. The molecule has 1 unspecified atom stereocenters. The smallest absolute Gasteiger partial charge is 0.275 e. The molecule has 3 heterocycles. The van der Waals surface area contributed by atoms with Gasteiger partial charge >= 0.3 is 0 Å². The number of nitrogens with zero attached hydrogens (tertiary/aromatic N) is 2. The van der Waals surface area contributed by atoms with Crippen LogP contribution in [0, 0.1) is 5.82 Å². The Labute approximate surface area is 174 Å². The van der Waals surface area contributed by atoms with Gasteiger partial charge in [0.1, 0.15) is 11.4 Å². The molecule has 0 spiro atoms. The van der Waals surface area contributed by atoms with Crippen molar-refractivity contribution in [1.82, 2.24) is 14.8 Å². The molecular weight excluding hydrogens is 421 g/mol. The summed E-state index contributed by atoms with van der Waals surface area (Å²) in [6.07, 6.45) is 1.28. The molecular formula is C19H17ClFN3O4S. The quantitative estimate of drug-likeness (QED) is 0.768. The molecule has 2 aliphatic heterocycles. The number of nitrogens with one attached hydrogen (secondary N) is 1. The molecule has 2 aromatic rings. The van der Waals surface area contributed by atoms with E-state index in [1.54, 1.807) is 16.7 Å². The Morgan fingerprint density at radius 2 is 2.17 bits per heavy atom. The van der Waals surface area contributed by atoms with Crippen molar-refractivity contribution in [2.45, 2.75) is 31.4 Å². The normalized spacial score (nSPS) is 20.4. The number of amides is 2. The molecule has 1 aromatic heterocycles. The first-order valence-corrected chi connectivity index (χ1v) is 10.3. The Balaban J connectivity index is 1.62. The van der Waals surface area contributed by atoms with E-state index in [4.69, 9.17) is 11.6 Å². The summed E-state index contributed by atoms with van der Waals surface area (Å²) in [7, 11) is 0. The van der Waals surface area contributed by atoms with Crippen LogP contribution in [-0.4, -0.2) is 43.6 Å². The van der Waals surface area contributed by atoms with Crippen LogP contribution < -0.4 is 10.7 Å². The van der Waals surface area contributed by atoms with Crippen molar-refractivity contribution in [2.75, 3.05) is 5.75 Å². The maximum Gasteiger partial charge on any atom is 0.275 e. The van der Waals surface area contributed by atoms with Gasteiger partial charge in [-0.05, 0) is 19.1 Å². The van der Waals surface area contributed by atoms with Gasteiger partial charge in [0.25, 0.3) is 11.8 Å². The number of aromatic hydroxyl groups is 1. The van der Waals surface area contributed by atoms with Gasteiger partial charge in [-0.25, -0.2) is 4.39 Å². The highest BCUT2D eigenvalue weighted by Gasteiger charge is 2.42. The van der Waals surface area contributed by atoms with Gasteiger partial charge in [0, 0.05) is 35.1 Å². The maximum atomic E-state index is 13.9. The molecule has 0 aliphatic carbocycles. The molecule has 1 fully saturated rings. The summed E-state index contributed by atoms with van der Waals surface area (Å²) in [6.45, 7) is 2.11. The zero-order valence-corrected chi connectivity index (χ0v) is 16.9. The minimum absolute atomic E-state index is 0.00185. The van der Waals surface area contributed by atoms with Crippen molar-refractivity contribution >= 4 is 35.2 Å². The second-order valence-corrected chi connectivity index (χ2v) is 8.64. The lowest BCUT2D eigenvalue weighted by atomic mass is 10.1. The van der Waals surface area contributed by atoms with Gasteiger partial charge < -0.3 is 19.9 Å². The zero-order valence-electron chi connectivity index (χ0n) is 15.3. The molecule has 2 atom stereocenters. The summed E-state index contributed by atoms with van der Waals surface area (Å²) in [5.41, 5.74) is -1.15. The number of hydrogen-bond acceptors (Lipinski definition) is 5. The molecule has 1 saturated heterocycles. The topological polar surface area (TPSA) is 91.6 Å². The van der Waals surface area contributed by atoms with Gasteiger partial charge in [0.15, 0.2) is 11.4 Å². The van der Waals surface area contributed by atoms with Crippen LogP contribution in [0.4, 0.5) is 4.39 Å². The van der Waals surface area contributed by atoms with Crippen molar-refractivity contribution in [2.24, 2.45) is 0 Å². The molecule has 7 nitrogen and oxygen atoms in total. The first-order chi connectivity index (χ1) is 13.8. The maximum absolute atomic E-state index is 13.9. The van der Waals surface area contributed by atoms with Crippen LogP contribution in [0.5, 0.6) is 5.75 Å². The second kappa shape index (κ2) is 7.38. The first-order valence-electron chi connectivity index (χ1n) is 8.90. The number of hydrogen-bond donors (Lipinski definition) is 2. The average molecular weight is 438 g/mol. The third-order valence-electron chi connectivity index (χ3n) is 5.06. The molecule has 29 heavy (non-hydrogen) atoms. The molecule has 2 N–H and O–H groups in total. The van der Waals surface area contributed by atoms with Gasteiger partial charge in [-0.1, -0.05) is 17.7 Å².